The topological polar surface area (TPSA) is 29.5 Å². The van der Waals surface area contributed by atoms with Gasteiger partial charge in [0.15, 0.2) is 0 Å². The Morgan fingerprint density at radius 2 is 2.05 bits per heavy atom. The van der Waals surface area contributed by atoms with Crippen LogP contribution in [0.4, 0.5) is 0 Å². The number of carbonyl (C=O) groups is 1. The van der Waals surface area contributed by atoms with Crippen LogP contribution < -0.4 is 4.74 Å². The van der Waals surface area contributed by atoms with Crippen molar-refractivity contribution in [3.63, 3.8) is 0 Å². The molecule has 0 aromatic rings. The summed E-state index contributed by atoms with van der Waals surface area (Å²) in [5, 5.41) is 0. The molecule has 19 heavy (non-hydrogen) atoms. The summed E-state index contributed by atoms with van der Waals surface area (Å²) in [6, 6.07) is 6.16. The largest absolute Gasteiger partial charge is 0.496 e. The lowest BCUT2D eigenvalue weighted by Gasteiger charge is -2.27. The van der Waals surface area contributed by atoms with Crippen molar-refractivity contribution in [1.82, 2.24) is 4.90 Å². The minimum absolute atomic E-state index is 0.371. The van der Waals surface area contributed by atoms with Gasteiger partial charge in [0.1, 0.15) is 11.5 Å². The summed E-state index contributed by atoms with van der Waals surface area (Å²) in [5.74, 6) is 1.84. The quantitative estimate of drug-likeness (QED) is 0.850. The van der Waals surface area contributed by atoms with Crippen molar-refractivity contribution < 1.29 is 9.53 Å². The van der Waals surface area contributed by atoms with E-state index < -0.39 is 0 Å². The maximum Gasteiger partial charge on any atom is 0.135 e. The summed E-state index contributed by atoms with van der Waals surface area (Å²) in [4.78, 5) is 13.5. The predicted octanol–water partition coefficient (Wildman–Crippen LogP) is 2.98. The highest BCUT2D eigenvalue weighted by Gasteiger charge is 2.21. The number of ketones is 1. The van der Waals surface area contributed by atoms with Crippen molar-refractivity contribution in [3.05, 3.63) is 18.2 Å². The van der Waals surface area contributed by atoms with E-state index in [1.54, 1.807) is 7.11 Å². The lowest BCUT2D eigenvalue weighted by atomic mass is 9.92. The van der Waals surface area contributed by atoms with Crippen molar-refractivity contribution in [2.75, 3.05) is 27.2 Å². The van der Waals surface area contributed by atoms with Gasteiger partial charge >= 0.3 is 0 Å². The lowest BCUT2D eigenvalue weighted by Crippen LogP contribution is -2.33. The summed E-state index contributed by atoms with van der Waals surface area (Å²) in [6.45, 7) is 4.15. The summed E-state index contributed by atoms with van der Waals surface area (Å²) in [6.07, 6.45) is 2.86. The molecule has 0 aromatic carbocycles. The first kappa shape index (κ1) is 14.1. The van der Waals surface area contributed by atoms with Crippen LogP contribution >= 0.6 is 0 Å². The fraction of sp³-hybridized carbons (Fsp3) is 0.562. The molecule has 2 aliphatic carbocycles. The molecule has 1 saturated heterocycles. The van der Waals surface area contributed by atoms with Crippen molar-refractivity contribution >= 4 is 5.78 Å². The molecule has 0 unspecified atom stereocenters. The van der Waals surface area contributed by atoms with Crippen LogP contribution in [-0.4, -0.2) is 37.9 Å². The number of hydrogen-bond acceptors (Lipinski definition) is 3. The maximum absolute atomic E-state index is 11.3. The highest BCUT2D eigenvalue weighted by Crippen LogP contribution is 2.43. The Labute approximate surface area is 115 Å². The number of fused-ring (bicyclic) bond motifs is 1. The normalized spacial score (nSPS) is 17.4. The van der Waals surface area contributed by atoms with E-state index in [-0.39, 0.29) is 0 Å². The van der Waals surface area contributed by atoms with Crippen LogP contribution in [0.25, 0.3) is 11.1 Å². The van der Waals surface area contributed by atoms with Gasteiger partial charge in [-0.3, -0.25) is 4.79 Å². The summed E-state index contributed by atoms with van der Waals surface area (Å²) < 4.78 is 5.01. The van der Waals surface area contributed by atoms with E-state index in [0.717, 1.165) is 31.7 Å². The molecule has 3 aliphatic rings. The number of rotatable bonds is 3. The number of benzene rings is 1. The molecular weight excluding hydrogens is 238 g/mol. The second kappa shape index (κ2) is 6.20. The van der Waals surface area contributed by atoms with E-state index in [0.29, 0.717) is 18.1 Å². The first-order chi connectivity index (χ1) is 9.15. The average molecular weight is 261 g/mol. The van der Waals surface area contributed by atoms with Crippen LogP contribution in [0.15, 0.2) is 18.2 Å². The van der Waals surface area contributed by atoms with Gasteiger partial charge in [0, 0.05) is 17.9 Å². The zero-order chi connectivity index (χ0) is 13.8. The summed E-state index contributed by atoms with van der Waals surface area (Å²) in [7, 11) is 3.81. The highest BCUT2D eigenvalue weighted by atomic mass is 16.5. The Kier molecular flexibility index (Phi) is 4.59. The number of Topliss-reactive ketones (excluding diaryl/α,β-unsaturated/α-hetero) is 1. The highest BCUT2D eigenvalue weighted by molar-refractivity contribution is 5.87. The third kappa shape index (κ3) is 3.57. The molecule has 0 atom stereocenters. The molecule has 1 aliphatic heterocycles. The number of likely N-dealkylation sites (tertiary alicyclic amines) is 1. The Morgan fingerprint density at radius 1 is 1.37 bits per heavy atom. The van der Waals surface area contributed by atoms with Gasteiger partial charge in [-0.15, -0.1) is 0 Å². The van der Waals surface area contributed by atoms with Gasteiger partial charge < -0.3 is 9.64 Å². The zero-order valence-electron chi connectivity index (χ0n) is 12.1. The van der Waals surface area contributed by atoms with E-state index >= 15 is 0 Å². The second-order valence-electron chi connectivity index (χ2n) is 5.31. The average Bonchev–Trinajstić information content (AvgIpc) is 3.11. The van der Waals surface area contributed by atoms with Crippen molar-refractivity contribution in [2.45, 2.75) is 26.2 Å². The third-order valence-corrected chi connectivity index (χ3v) is 3.95. The molecule has 0 amide bonds. The fourth-order valence-electron chi connectivity index (χ4n) is 2.52. The molecule has 0 radical (unpaired) electrons. The van der Waals surface area contributed by atoms with E-state index in [1.165, 1.54) is 11.1 Å². The zero-order valence-corrected chi connectivity index (χ0v) is 12.1. The molecule has 0 aromatic heterocycles. The molecule has 3 rings (SSSR count). The Balaban J connectivity index is 0.000000146. The monoisotopic (exact) mass is 261 g/mol. The molecule has 0 saturated carbocycles. The number of nitrogens with zero attached hydrogens (tertiary/aromatic N) is 1. The van der Waals surface area contributed by atoms with E-state index in [2.05, 4.69) is 24.1 Å². The van der Waals surface area contributed by atoms with Gasteiger partial charge in [-0.2, -0.15) is 0 Å². The third-order valence-electron chi connectivity index (χ3n) is 3.95. The lowest BCUT2D eigenvalue weighted by molar-refractivity contribution is -0.123. The minimum atomic E-state index is 0.371. The minimum Gasteiger partial charge on any atom is -0.496 e. The van der Waals surface area contributed by atoms with Crippen LogP contribution in [0, 0.1) is 5.92 Å². The molecular formula is C16H23NO2. The molecule has 0 N–H and O–H groups in total. The Morgan fingerprint density at radius 3 is 2.42 bits per heavy atom. The Bertz CT molecular complexity index is 448. The van der Waals surface area contributed by atoms with Gasteiger partial charge in [-0.1, -0.05) is 13.0 Å². The van der Waals surface area contributed by atoms with Gasteiger partial charge in [-0.05, 0) is 50.7 Å². The van der Waals surface area contributed by atoms with Gasteiger partial charge in [0.25, 0.3) is 0 Å². The molecule has 1 heterocycles. The van der Waals surface area contributed by atoms with Crippen LogP contribution in [0.5, 0.6) is 5.75 Å². The standard InChI is InChI=1S/C9H17NO.C7H6O/c1-3-9(11)8-4-6-10(2)7-5-8;1-8-7-3-2-5-4-6(5)7/h8H,3-7H2,1-2H3;2-4H,1H3. The van der Waals surface area contributed by atoms with Gasteiger partial charge in [-0.25, -0.2) is 0 Å². The first-order valence-electron chi connectivity index (χ1n) is 7.05. The van der Waals surface area contributed by atoms with E-state index in [9.17, 15) is 4.79 Å². The number of carbonyl (C=O) groups excluding carboxylic acids is 1. The van der Waals surface area contributed by atoms with Gasteiger partial charge in [0.2, 0.25) is 0 Å². The number of ether oxygens (including phenoxy) is 1. The smallest absolute Gasteiger partial charge is 0.135 e. The van der Waals surface area contributed by atoms with E-state index in [4.69, 9.17) is 4.74 Å². The van der Waals surface area contributed by atoms with Crippen LogP contribution in [0.1, 0.15) is 26.2 Å². The maximum atomic E-state index is 11.3. The van der Waals surface area contributed by atoms with Crippen molar-refractivity contribution in [2.24, 2.45) is 5.92 Å². The summed E-state index contributed by atoms with van der Waals surface area (Å²) in [5.41, 5.74) is 2.62. The predicted molar refractivity (Wildman–Crippen MR) is 77.5 cm³/mol. The molecule has 3 heteroatoms. The molecule has 104 valence electrons. The van der Waals surface area contributed by atoms with Gasteiger partial charge in [0.05, 0.1) is 7.11 Å². The van der Waals surface area contributed by atoms with Crippen molar-refractivity contribution in [3.8, 4) is 16.9 Å². The number of piperidine rings is 1. The Hall–Kier alpha value is -1.35. The first-order valence-corrected chi connectivity index (χ1v) is 7.05. The van der Waals surface area contributed by atoms with Crippen LogP contribution in [0.2, 0.25) is 0 Å². The SMILES string of the molecule is CCC(=O)C1CCN(C)CC1.COc1ccc2cc1-2. The number of methoxy groups -OCH3 is 1. The van der Waals surface area contributed by atoms with Crippen LogP contribution in [-0.2, 0) is 4.79 Å². The molecule has 1 fully saturated rings. The number of hydrogen-bond donors (Lipinski definition) is 0. The molecule has 0 spiro atoms. The molecule has 3 nitrogen and oxygen atoms in total. The van der Waals surface area contributed by atoms with Crippen LogP contribution in [0.3, 0.4) is 0 Å². The van der Waals surface area contributed by atoms with Crippen molar-refractivity contribution in [1.29, 1.82) is 0 Å². The summed E-state index contributed by atoms with van der Waals surface area (Å²) >= 11 is 0. The van der Waals surface area contributed by atoms with E-state index in [1.807, 2.05) is 13.0 Å². The molecule has 0 bridgehead atoms. The second-order valence-corrected chi connectivity index (χ2v) is 5.31. The fourth-order valence-corrected chi connectivity index (χ4v) is 2.52.